The molecule has 1 aliphatic carbocycles. The molecule has 3 heterocycles. The number of hydrogen-bond donors (Lipinski definition) is 4. The standard InChI is InChI=1S/C20H21N7O4S/c21-32(29,30)31-9-12-7-13(8-15(12)28)25-19-17-20(24-10-23-19)27-18(26-17)14-5-1-3-11-4-2-6-22-16(11)14/h1-6,10,12-13,15,28H,7-9H2,(H2,21,29,30)(H2,23,24,25,26,27)/t12-,13+,15-/m0/s1. The maximum atomic E-state index is 11.0. The van der Waals surface area contributed by atoms with E-state index in [1.165, 1.54) is 6.33 Å². The maximum Gasteiger partial charge on any atom is 0.333 e. The lowest BCUT2D eigenvalue weighted by Crippen LogP contribution is -2.24. The predicted octanol–water partition coefficient (Wildman–Crippen LogP) is 1.34. The van der Waals surface area contributed by atoms with Gasteiger partial charge in [0.15, 0.2) is 11.5 Å². The van der Waals surface area contributed by atoms with Crippen LogP contribution in [0.4, 0.5) is 5.82 Å². The third-order valence-corrected chi connectivity index (χ3v) is 6.09. The lowest BCUT2D eigenvalue weighted by molar-refractivity contribution is 0.101. The molecule has 0 spiro atoms. The summed E-state index contributed by atoms with van der Waals surface area (Å²) in [6.45, 7) is -0.167. The molecular weight excluding hydrogens is 434 g/mol. The Morgan fingerprint density at radius 3 is 2.88 bits per heavy atom. The van der Waals surface area contributed by atoms with E-state index in [9.17, 15) is 13.5 Å². The Bertz CT molecular complexity index is 1390. The molecule has 3 aromatic heterocycles. The number of imidazole rings is 1. The van der Waals surface area contributed by atoms with Gasteiger partial charge in [0.1, 0.15) is 17.7 Å². The van der Waals surface area contributed by atoms with Crippen LogP contribution in [0.3, 0.4) is 0 Å². The molecule has 0 bridgehead atoms. The van der Waals surface area contributed by atoms with Gasteiger partial charge < -0.3 is 15.4 Å². The second-order valence-electron chi connectivity index (χ2n) is 7.80. The van der Waals surface area contributed by atoms with E-state index >= 15 is 0 Å². The van der Waals surface area contributed by atoms with Gasteiger partial charge in [0.25, 0.3) is 0 Å². The summed E-state index contributed by atoms with van der Waals surface area (Å²) in [4.78, 5) is 21.0. The summed E-state index contributed by atoms with van der Waals surface area (Å²) in [6, 6.07) is 9.61. The van der Waals surface area contributed by atoms with Gasteiger partial charge in [-0.2, -0.15) is 8.42 Å². The zero-order chi connectivity index (χ0) is 22.3. The minimum atomic E-state index is -4.05. The molecule has 3 atom stereocenters. The van der Waals surface area contributed by atoms with Crippen LogP contribution in [0, 0.1) is 5.92 Å². The number of aliphatic hydroxyl groups excluding tert-OH is 1. The van der Waals surface area contributed by atoms with Crippen molar-refractivity contribution in [3.63, 3.8) is 0 Å². The molecule has 0 radical (unpaired) electrons. The van der Waals surface area contributed by atoms with E-state index in [4.69, 9.17) is 5.14 Å². The zero-order valence-corrected chi connectivity index (χ0v) is 17.7. The number of aromatic nitrogens is 5. The van der Waals surface area contributed by atoms with E-state index in [0.29, 0.717) is 35.6 Å². The average molecular weight is 456 g/mol. The quantitative estimate of drug-likeness (QED) is 0.335. The fraction of sp³-hybridized carbons (Fsp3) is 0.300. The zero-order valence-electron chi connectivity index (χ0n) is 16.8. The predicted molar refractivity (Wildman–Crippen MR) is 118 cm³/mol. The van der Waals surface area contributed by atoms with Crippen molar-refractivity contribution < 1.29 is 17.7 Å². The number of anilines is 1. The number of pyridine rings is 1. The molecule has 1 aromatic carbocycles. The fourth-order valence-corrected chi connectivity index (χ4v) is 4.50. The first kappa shape index (κ1) is 20.7. The third-order valence-electron chi connectivity index (χ3n) is 5.62. The minimum absolute atomic E-state index is 0.136. The van der Waals surface area contributed by atoms with Crippen LogP contribution in [0.5, 0.6) is 0 Å². The number of fused-ring (bicyclic) bond motifs is 2. The summed E-state index contributed by atoms with van der Waals surface area (Å²) < 4.78 is 26.7. The van der Waals surface area contributed by atoms with Crippen molar-refractivity contribution in [2.75, 3.05) is 11.9 Å². The monoisotopic (exact) mass is 455 g/mol. The van der Waals surface area contributed by atoms with Crippen LogP contribution >= 0.6 is 0 Å². The summed E-state index contributed by atoms with van der Waals surface area (Å²) in [5, 5.41) is 19.5. The molecule has 1 fully saturated rings. The largest absolute Gasteiger partial charge is 0.393 e. The van der Waals surface area contributed by atoms with Crippen molar-refractivity contribution in [3.05, 3.63) is 42.9 Å². The van der Waals surface area contributed by atoms with E-state index in [2.05, 4.69) is 34.4 Å². The number of aliphatic hydroxyl groups is 1. The molecule has 32 heavy (non-hydrogen) atoms. The van der Waals surface area contributed by atoms with E-state index in [0.717, 1.165) is 16.5 Å². The van der Waals surface area contributed by atoms with E-state index < -0.39 is 16.4 Å². The second kappa shape index (κ2) is 8.06. The Morgan fingerprint density at radius 1 is 1.19 bits per heavy atom. The van der Waals surface area contributed by atoms with Gasteiger partial charge in [-0.3, -0.25) is 9.17 Å². The fourth-order valence-electron chi connectivity index (χ4n) is 4.14. The van der Waals surface area contributed by atoms with Crippen LogP contribution < -0.4 is 10.5 Å². The summed E-state index contributed by atoms with van der Waals surface area (Å²) in [5.74, 6) is 0.813. The molecule has 5 rings (SSSR count). The molecule has 166 valence electrons. The van der Waals surface area contributed by atoms with Crippen LogP contribution in [0.15, 0.2) is 42.9 Å². The Labute approximate surface area is 183 Å². The number of H-pyrrole nitrogens is 1. The van der Waals surface area contributed by atoms with Crippen LogP contribution in [0.25, 0.3) is 33.5 Å². The Balaban J connectivity index is 1.41. The lowest BCUT2D eigenvalue weighted by atomic mass is 10.1. The number of hydrogen-bond acceptors (Lipinski definition) is 9. The SMILES string of the molecule is NS(=O)(=O)OC[C@@H]1C[C@@H](Nc2ncnc3nc(-c4cccc5cccnc45)[nH]c23)C[C@@H]1O. The number of rotatable bonds is 6. The van der Waals surface area contributed by atoms with Gasteiger partial charge in [-0.1, -0.05) is 18.2 Å². The number of benzene rings is 1. The summed E-state index contributed by atoms with van der Waals surface area (Å²) in [7, 11) is -4.05. The van der Waals surface area contributed by atoms with E-state index in [1.54, 1.807) is 6.20 Å². The molecule has 5 N–H and O–H groups in total. The highest BCUT2D eigenvalue weighted by molar-refractivity contribution is 7.84. The molecule has 1 aliphatic rings. The van der Waals surface area contributed by atoms with Crippen molar-refractivity contribution in [1.82, 2.24) is 24.9 Å². The summed E-state index contributed by atoms with van der Waals surface area (Å²) in [5.41, 5.74) is 2.81. The molecule has 0 aliphatic heterocycles. The van der Waals surface area contributed by atoms with E-state index in [-0.39, 0.29) is 18.6 Å². The van der Waals surface area contributed by atoms with Gasteiger partial charge in [0, 0.05) is 29.1 Å². The van der Waals surface area contributed by atoms with E-state index in [1.807, 2.05) is 30.3 Å². The highest BCUT2D eigenvalue weighted by Gasteiger charge is 2.34. The summed E-state index contributed by atoms with van der Waals surface area (Å²) >= 11 is 0. The second-order valence-corrected chi connectivity index (χ2v) is 9.03. The van der Waals surface area contributed by atoms with Gasteiger partial charge in [-0.15, -0.1) is 0 Å². The topological polar surface area (TPSA) is 169 Å². The molecule has 0 unspecified atom stereocenters. The number of aromatic amines is 1. The maximum absolute atomic E-state index is 11.0. The van der Waals surface area contributed by atoms with Gasteiger partial charge in [0.05, 0.1) is 18.2 Å². The molecular formula is C20H21N7O4S. The van der Waals surface area contributed by atoms with Gasteiger partial charge in [0.2, 0.25) is 0 Å². The molecule has 12 heteroatoms. The first-order valence-electron chi connectivity index (χ1n) is 10.0. The molecule has 1 saturated carbocycles. The van der Waals surface area contributed by atoms with Gasteiger partial charge in [-0.05, 0) is 25.0 Å². The number of nitrogens with zero attached hydrogens (tertiary/aromatic N) is 4. The smallest absolute Gasteiger partial charge is 0.333 e. The van der Waals surface area contributed by atoms with Gasteiger partial charge >= 0.3 is 10.3 Å². The number of para-hydroxylation sites is 1. The Morgan fingerprint density at radius 2 is 2.03 bits per heavy atom. The van der Waals surface area contributed by atoms with Crippen molar-refractivity contribution >= 4 is 38.2 Å². The molecule has 0 saturated heterocycles. The Kier molecular flexibility index (Phi) is 5.21. The van der Waals surface area contributed by atoms with Crippen LogP contribution in [-0.2, 0) is 14.5 Å². The first-order chi connectivity index (χ1) is 15.4. The number of nitrogens with one attached hydrogen (secondary N) is 2. The Hall–Kier alpha value is -3.19. The van der Waals surface area contributed by atoms with Crippen LogP contribution in [-0.4, -0.2) is 57.2 Å². The highest BCUT2D eigenvalue weighted by Crippen LogP contribution is 2.31. The summed E-state index contributed by atoms with van der Waals surface area (Å²) in [6.07, 6.45) is 3.35. The van der Waals surface area contributed by atoms with Crippen molar-refractivity contribution in [3.8, 4) is 11.4 Å². The average Bonchev–Trinajstić information content (AvgIpc) is 3.35. The van der Waals surface area contributed by atoms with Crippen molar-refractivity contribution in [2.45, 2.75) is 25.0 Å². The third kappa shape index (κ3) is 4.12. The molecule has 11 nitrogen and oxygen atoms in total. The van der Waals surface area contributed by atoms with Crippen molar-refractivity contribution in [1.29, 1.82) is 0 Å². The first-order valence-corrected chi connectivity index (χ1v) is 11.5. The molecule has 4 aromatic rings. The highest BCUT2D eigenvalue weighted by atomic mass is 32.2. The van der Waals surface area contributed by atoms with Crippen LogP contribution in [0.2, 0.25) is 0 Å². The normalized spacial score (nSPS) is 21.4. The van der Waals surface area contributed by atoms with Gasteiger partial charge in [-0.25, -0.2) is 20.1 Å². The van der Waals surface area contributed by atoms with Crippen molar-refractivity contribution in [2.24, 2.45) is 11.1 Å². The minimum Gasteiger partial charge on any atom is -0.393 e. The number of nitrogens with two attached hydrogens (primary N) is 1. The lowest BCUT2D eigenvalue weighted by Gasteiger charge is -2.13. The molecule has 0 amide bonds. The van der Waals surface area contributed by atoms with Crippen LogP contribution in [0.1, 0.15) is 12.8 Å².